The van der Waals surface area contributed by atoms with Crippen molar-refractivity contribution < 1.29 is 0 Å². The van der Waals surface area contributed by atoms with Crippen LogP contribution in [0, 0.1) is 0 Å². The van der Waals surface area contributed by atoms with Crippen LogP contribution in [0.25, 0.3) is 33.0 Å². The Morgan fingerprint density at radius 1 is 0.435 bits per heavy atom. The summed E-state index contributed by atoms with van der Waals surface area (Å²) in [4.78, 5) is 0. The van der Waals surface area contributed by atoms with E-state index >= 15 is 0 Å². The largest absolute Gasteiger partial charge is 0.399 e. The van der Waals surface area contributed by atoms with Crippen molar-refractivity contribution in [2.45, 2.75) is 0 Å². The van der Waals surface area contributed by atoms with E-state index in [9.17, 15) is 0 Å². The van der Waals surface area contributed by atoms with Gasteiger partial charge in [0.2, 0.25) is 0 Å². The Morgan fingerprint density at radius 2 is 1.04 bits per heavy atom. The molecule has 0 fully saturated rings. The summed E-state index contributed by atoms with van der Waals surface area (Å²) in [5.74, 6) is 0. The number of benzene rings is 4. The molecule has 0 aliphatic carbocycles. The zero-order chi connectivity index (χ0) is 15.6. The molecule has 0 heterocycles. The van der Waals surface area contributed by atoms with E-state index < -0.39 is 0 Å². The van der Waals surface area contributed by atoms with Gasteiger partial charge in [0.15, 0.2) is 0 Å². The van der Waals surface area contributed by atoms with Crippen LogP contribution in [0.4, 0.5) is 5.69 Å². The first-order valence-electron chi connectivity index (χ1n) is 7.75. The standard InChI is InChI=1S/C22H17N/c23-22-10-4-9-20(15-22)18-7-3-8-19(14-18)21-12-11-16-5-1-2-6-17(16)13-21/h1-15H,23H2. The van der Waals surface area contributed by atoms with Crippen molar-refractivity contribution in [3.8, 4) is 22.3 Å². The van der Waals surface area contributed by atoms with E-state index in [0.29, 0.717) is 0 Å². The van der Waals surface area contributed by atoms with Crippen LogP contribution in [0.3, 0.4) is 0 Å². The second-order valence-corrected chi connectivity index (χ2v) is 5.77. The van der Waals surface area contributed by atoms with Crippen LogP contribution >= 0.6 is 0 Å². The van der Waals surface area contributed by atoms with E-state index in [1.54, 1.807) is 0 Å². The molecule has 0 radical (unpaired) electrons. The van der Waals surface area contributed by atoms with Crippen molar-refractivity contribution in [1.29, 1.82) is 0 Å². The number of hydrogen-bond acceptors (Lipinski definition) is 1. The smallest absolute Gasteiger partial charge is 0.0320 e. The van der Waals surface area contributed by atoms with Gasteiger partial charge >= 0.3 is 0 Å². The molecule has 0 amide bonds. The number of anilines is 1. The molecule has 4 aromatic carbocycles. The summed E-state index contributed by atoms with van der Waals surface area (Å²) >= 11 is 0. The second-order valence-electron chi connectivity index (χ2n) is 5.77. The molecule has 4 aromatic rings. The van der Waals surface area contributed by atoms with Gasteiger partial charge in [0.1, 0.15) is 0 Å². The van der Waals surface area contributed by atoms with Crippen molar-refractivity contribution in [2.24, 2.45) is 0 Å². The topological polar surface area (TPSA) is 26.0 Å². The molecule has 0 saturated heterocycles. The summed E-state index contributed by atoms with van der Waals surface area (Å²) in [6.07, 6.45) is 0. The molecule has 1 heteroatoms. The molecule has 0 bridgehead atoms. The first-order valence-corrected chi connectivity index (χ1v) is 7.75. The van der Waals surface area contributed by atoms with Gasteiger partial charge in [-0.1, -0.05) is 66.7 Å². The third kappa shape index (κ3) is 2.69. The SMILES string of the molecule is Nc1cccc(-c2cccc(-c3ccc4ccccc4c3)c2)c1. The van der Waals surface area contributed by atoms with E-state index in [-0.39, 0.29) is 0 Å². The monoisotopic (exact) mass is 295 g/mol. The van der Waals surface area contributed by atoms with Crippen molar-refractivity contribution in [1.82, 2.24) is 0 Å². The highest BCUT2D eigenvalue weighted by Gasteiger charge is 2.03. The second kappa shape index (κ2) is 5.62. The zero-order valence-corrected chi connectivity index (χ0v) is 12.7. The zero-order valence-electron chi connectivity index (χ0n) is 12.7. The van der Waals surface area contributed by atoms with Crippen LogP contribution in [0.5, 0.6) is 0 Å². The van der Waals surface area contributed by atoms with Gasteiger partial charge in [0.25, 0.3) is 0 Å². The van der Waals surface area contributed by atoms with Crippen LogP contribution in [0.1, 0.15) is 0 Å². The minimum atomic E-state index is 0.790. The number of hydrogen-bond donors (Lipinski definition) is 1. The van der Waals surface area contributed by atoms with E-state index in [4.69, 9.17) is 5.73 Å². The Balaban J connectivity index is 1.81. The number of nitrogen functional groups attached to an aromatic ring is 1. The maximum absolute atomic E-state index is 5.91. The summed E-state index contributed by atoms with van der Waals surface area (Å²) < 4.78 is 0. The average molecular weight is 295 g/mol. The maximum atomic E-state index is 5.91. The summed E-state index contributed by atoms with van der Waals surface area (Å²) in [7, 11) is 0. The molecule has 0 aliphatic heterocycles. The quantitative estimate of drug-likeness (QED) is 0.468. The predicted octanol–water partition coefficient (Wildman–Crippen LogP) is 5.76. The number of rotatable bonds is 2. The Hall–Kier alpha value is -3.06. The minimum absolute atomic E-state index is 0.790. The van der Waals surface area contributed by atoms with Crippen molar-refractivity contribution in [2.75, 3.05) is 5.73 Å². The van der Waals surface area contributed by atoms with Crippen molar-refractivity contribution in [3.05, 3.63) is 91.0 Å². The van der Waals surface area contributed by atoms with Gasteiger partial charge in [-0.25, -0.2) is 0 Å². The molecule has 0 atom stereocenters. The minimum Gasteiger partial charge on any atom is -0.399 e. The molecule has 4 rings (SSSR count). The van der Waals surface area contributed by atoms with Gasteiger partial charge < -0.3 is 5.73 Å². The fourth-order valence-electron chi connectivity index (χ4n) is 2.97. The van der Waals surface area contributed by atoms with Gasteiger partial charge in [0.05, 0.1) is 0 Å². The van der Waals surface area contributed by atoms with Gasteiger partial charge in [0, 0.05) is 5.69 Å². The predicted molar refractivity (Wildman–Crippen MR) is 99.2 cm³/mol. The van der Waals surface area contributed by atoms with Gasteiger partial charge in [-0.15, -0.1) is 0 Å². The highest BCUT2D eigenvalue weighted by molar-refractivity contribution is 5.88. The Kier molecular flexibility index (Phi) is 3.32. The van der Waals surface area contributed by atoms with E-state index in [2.05, 4.69) is 72.8 Å². The highest BCUT2D eigenvalue weighted by atomic mass is 14.5. The van der Waals surface area contributed by atoms with Crippen LogP contribution in [-0.2, 0) is 0 Å². The molecular formula is C22H17N. The molecule has 0 aromatic heterocycles. The summed E-state index contributed by atoms with van der Waals surface area (Å²) in [5, 5.41) is 2.53. The van der Waals surface area contributed by atoms with Gasteiger partial charge in [-0.3, -0.25) is 0 Å². The lowest BCUT2D eigenvalue weighted by Crippen LogP contribution is -1.86. The van der Waals surface area contributed by atoms with Gasteiger partial charge in [-0.05, 0) is 57.3 Å². The Bertz CT molecular complexity index is 986. The molecule has 0 aliphatic rings. The third-order valence-corrected chi connectivity index (χ3v) is 4.17. The van der Waals surface area contributed by atoms with E-state index in [0.717, 1.165) is 11.3 Å². The van der Waals surface area contributed by atoms with Crippen molar-refractivity contribution >= 4 is 16.5 Å². The molecule has 2 N–H and O–H groups in total. The Labute approximate surface area is 136 Å². The van der Waals surface area contributed by atoms with Crippen LogP contribution in [0.15, 0.2) is 91.0 Å². The number of nitrogens with two attached hydrogens (primary N) is 1. The fraction of sp³-hybridized carbons (Fsp3) is 0. The van der Waals surface area contributed by atoms with Gasteiger partial charge in [-0.2, -0.15) is 0 Å². The lowest BCUT2D eigenvalue weighted by atomic mass is 9.97. The molecule has 0 saturated carbocycles. The fourth-order valence-corrected chi connectivity index (χ4v) is 2.97. The lowest BCUT2D eigenvalue weighted by molar-refractivity contribution is 1.59. The summed E-state index contributed by atoms with van der Waals surface area (Å²) in [5.41, 5.74) is 11.5. The molecule has 110 valence electrons. The first-order chi connectivity index (χ1) is 11.3. The Morgan fingerprint density at radius 3 is 1.78 bits per heavy atom. The van der Waals surface area contributed by atoms with Crippen LogP contribution < -0.4 is 5.73 Å². The van der Waals surface area contributed by atoms with Crippen LogP contribution in [-0.4, -0.2) is 0 Å². The molecular weight excluding hydrogens is 278 g/mol. The average Bonchev–Trinajstić information content (AvgIpc) is 2.61. The molecule has 1 nitrogen and oxygen atoms in total. The summed E-state index contributed by atoms with van der Waals surface area (Å²) in [6.45, 7) is 0. The molecule has 23 heavy (non-hydrogen) atoms. The molecule has 0 unspecified atom stereocenters. The number of fused-ring (bicyclic) bond motifs is 1. The summed E-state index contributed by atoms with van der Waals surface area (Å²) in [6, 6.07) is 31.7. The maximum Gasteiger partial charge on any atom is 0.0320 e. The van der Waals surface area contributed by atoms with Crippen LogP contribution in [0.2, 0.25) is 0 Å². The highest BCUT2D eigenvalue weighted by Crippen LogP contribution is 2.29. The lowest BCUT2D eigenvalue weighted by Gasteiger charge is -2.08. The van der Waals surface area contributed by atoms with Crippen molar-refractivity contribution in [3.63, 3.8) is 0 Å². The third-order valence-electron chi connectivity index (χ3n) is 4.17. The molecule has 0 spiro atoms. The van der Waals surface area contributed by atoms with E-state index in [1.807, 2.05) is 18.2 Å². The first kappa shape index (κ1) is 13.6. The normalized spacial score (nSPS) is 10.8. The van der Waals surface area contributed by atoms with E-state index in [1.165, 1.54) is 27.5 Å².